The molecule has 4 rings (SSSR count). The van der Waals surface area contributed by atoms with E-state index in [1.165, 1.54) is 11.3 Å². The zero-order valence-corrected chi connectivity index (χ0v) is 16.3. The molecule has 0 saturated carbocycles. The average molecular weight is 415 g/mol. The molecule has 2 heterocycles. The van der Waals surface area contributed by atoms with Crippen molar-refractivity contribution in [3.63, 3.8) is 0 Å². The number of anilines is 2. The van der Waals surface area contributed by atoms with Crippen molar-refractivity contribution >= 4 is 28.1 Å². The summed E-state index contributed by atoms with van der Waals surface area (Å²) in [5.74, 6) is -2.20. The summed E-state index contributed by atoms with van der Waals surface area (Å²) in [5, 5.41) is 15.0. The van der Waals surface area contributed by atoms with Crippen LogP contribution in [0.4, 0.5) is 19.6 Å². The number of carbonyl (C=O) groups is 1. The molecule has 1 aromatic heterocycles. The molecule has 2 N–H and O–H groups in total. The van der Waals surface area contributed by atoms with E-state index < -0.39 is 17.5 Å². The molecule has 1 atom stereocenters. The molecule has 1 saturated heterocycles. The van der Waals surface area contributed by atoms with Gasteiger partial charge in [-0.3, -0.25) is 4.79 Å². The number of thiazole rings is 1. The lowest BCUT2D eigenvalue weighted by atomic mass is 10.1. The highest BCUT2D eigenvalue weighted by molar-refractivity contribution is 7.14. The van der Waals surface area contributed by atoms with Crippen LogP contribution in [0.25, 0.3) is 11.3 Å². The Hall–Kier alpha value is -2.84. The van der Waals surface area contributed by atoms with E-state index in [1.54, 1.807) is 18.2 Å². The summed E-state index contributed by atoms with van der Waals surface area (Å²) >= 11 is 1.51. The molecule has 150 valence electrons. The zero-order valence-electron chi connectivity index (χ0n) is 15.4. The fraction of sp³-hybridized carbons (Fsp3) is 0.238. The van der Waals surface area contributed by atoms with E-state index in [1.807, 2.05) is 11.4 Å². The van der Waals surface area contributed by atoms with Gasteiger partial charge in [0.05, 0.1) is 18.3 Å². The predicted octanol–water partition coefficient (Wildman–Crippen LogP) is 4.30. The van der Waals surface area contributed by atoms with Crippen LogP contribution in [0.2, 0.25) is 0 Å². The molecule has 2 aromatic carbocycles. The van der Waals surface area contributed by atoms with Crippen molar-refractivity contribution in [2.75, 3.05) is 23.4 Å². The summed E-state index contributed by atoms with van der Waals surface area (Å²) in [5.41, 5.74) is 1.99. The molecular weight excluding hydrogens is 396 g/mol. The van der Waals surface area contributed by atoms with Crippen LogP contribution in [-0.4, -0.2) is 35.2 Å². The van der Waals surface area contributed by atoms with E-state index in [4.69, 9.17) is 0 Å². The van der Waals surface area contributed by atoms with Crippen molar-refractivity contribution in [1.82, 2.24) is 4.98 Å². The van der Waals surface area contributed by atoms with Gasteiger partial charge in [0.1, 0.15) is 11.6 Å². The van der Waals surface area contributed by atoms with Gasteiger partial charge in [0.25, 0.3) is 5.91 Å². The lowest BCUT2D eigenvalue weighted by molar-refractivity contribution is 0.102. The van der Waals surface area contributed by atoms with Crippen LogP contribution in [0.3, 0.4) is 0 Å². The molecule has 0 unspecified atom stereocenters. The van der Waals surface area contributed by atoms with Crippen molar-refractivity contribution < 1.29 is 18.7 Å². The van der Waals surface area contributed by atoms with Crippen molar-refractivity contribution in [2.24, 2.45) is 0 Å². The summed E-state index contributed by atoms with van der Waals surface area (Å²) in [7, 11) is 0. The molecule has 1 aliphatic rings. The second-order valence-electron chi connectivity index (χ2n) is 6.88. The molecule has 1 aliphatic heterocycles. The summed E-state index contributed by atoms with van der Waals surface area (Å²) in [4.78, 5) is 19.1. The Balaban J connectivity index is 1.52. The number of nitrogens with one attached hydrogen (secondary N) is 1. The standard InChI is InChI=1S/C21H19F2N3O2S/c22-15-7-14(8-16(23)10-15)20(28)24-17-4-1-3-13(9-17)19-12-29-21(25-19)26-6-2-5-18(26)11-27/h1,3-4,7-10,12,18,27H,2,5-6,11H2,(H,24,28)/t18-/m0/s1. The Morgan fingerprint density at radius 3 is 2.79 bits per heavy atom. The van der Waals surface area contributed by atoms with E-state index in [2.05, 4.69) is 15.2 Å². The molecule has 0 bridgehead atoms. The van der Waals surface area contributed by atoms with E-state index in [-0.39, 0.29) is 18.2 Å². The molecule has 3 aromatic rings. The van der Waals surface area contributed by atoms with E-state index in [0.29, 0.717) is 5.69 Å². The van der Waals surface area contributed by atoms with Crippen LogP contribution in [0, 0.1) is 11.6 Å². The molecule has 0 radical (unpaired) electrons. The van der Waals surface area contributed by atoms with E-state index >= 15 is 0 Å². The summed E-state index contributed by atoms with van der Waals surface area (Å²) < 4.78 is 26.7. The summed E-state index contributed by atoms with van der Waals surface area (Å²) in [6.45, 7) is 0.982. The maximum atomic E-state index is 13.3. The van der Waals surface area contributed by atoms with Gasteiger partial charge < -0.3 is 15.3 Å². The molecule has 0 aliphatic carbocycles. The van der Waals surface area contributed by atoms with Crippen LogP contribution in [-0.2, 0) is 0 Å². The molecule has 1 amide bonds. The van der Waals surface area contributed by atoms with Crippen molar-refractivity contribution in [3.05, 3.63) is 65.0 Å². The van der Waals surface area contributed by atoms with Gasteiger partial charge in [-0.15, -0.1) is 11.3 Å². The van der Waals surface area contributed by atoms with Gasteiger partial charge in [-0.05, 0) is 37.1 Å². The van der Waals surface area contributed by atoms with Crippen molar-refractivity contribution in [2.45, 2.75) is 18.9 Å². The zero-order chi connectivity index (χ0) is 20.4. The van der Waals surface area contributed by atoms with Crippen LogP contribution >= 0.6 is 11.3 Å². The molecular formula is C21H19F2N3O2S. The number of hydrogen-bond acceptors (Lipinski definition) is 5. The number of aromatic nitrogens is 1. The first-order chi connectivity index (χ1) is 14.0. The van der Waals surface area contributed by atoms with Crippen LogP contribution in [0.15, 0.2) is 47.8 Å². The van der Waals surface area contributed by atoms with Crippen LogP contribution in [0.5, 0.6) is 0 Å². The van der Waals surface area contributed by atoms with Gasteiger partial charge in [0.2, 0.25) is 0 Å². The minimum atomic E-state index is -0.804. The largest absolute Gasteiger partial charge is 0.394 e. The lowest BCUT2D eigenvalue weighted by Gasteiger charge is -2.21. The number of halogens is 2. The minimum absolute atomic E-state index is 0.0899. The number of aliphatic hydroxyl groups is 1. The third-order valence-electron chi connectivity index (χ3n) is 4.87. The van der Waals surface area contributed by atoms with Gasteiger partial charge >= 0.3 is 0 Å². The van der Waals surface area contributed by atoms with E-state index in [9.17, 15) is 18.7 Å². The minimum Gasteiger partial charge on any atom is -0.394 e. The number of rotatable bonds is 5. The molecule has 8 heteroatoms. The lowest BCUT2D eigenvalue weighted by Crippen LogP contribution is -2.31. The number of hydrogen-bond donors (Lipinski definition) is 2. The SMILES string of the molecule is O=C(Nc1cccc(-c2csc(N3CCC[C@H]3CO)n2)c1)c1cc(F)cc(F)c1. The molecule has 29 heavy (non-hydrogen) atoms. The first-order valence-electron chi connectivity index (χ1n) is 9.24. The van der Waals surface area contributed by atoms with Crippen LogP contribution < -0.4 is 10.2 Å². The average Bonchev–Trinajstić information content (AvgIpc) is 3.36. The predicted molar refractivity (Wildman–Crippen MR) is 109 cm³/mol. The van der Waals surface area contributed by atoms with Gasteiger partial charge in [-0.1, -0.05) is 12.1 Å². The normalized spacial score (nSPS) is 16.2. The second-order valence-corrected chi connectivity index (χ2v) is 7.72. The van der Waals surface area contributed by atoms with Crippen LogP contribution in [0.1, 0.15) is 23.2 Å². The first kappa shape index (κ1) is 19.5. The van der Waals surface area contributed by atoms with E-state index in [0.717, 1.165) is 54.0 Å². The second kappa shape index (κ2) is 8.26. The highest BCUT2D eigenvalue weighted by atomic mass is 32.1. The summed E-state index contributed by atoms with van der Waals surface area (Å²) in [6.07, 6.45) is 1.98. The molecule has 5 nitrogen and oxygen atoms in total. The highest BCUT2D eigenvalue weighted by Crippen LogP contribution is 2.32. The Kier molecular flexibility index (Phi) is 5.55. The molecule has 0 spiro atoms. The molecule has 1 fully saturated rings. The smallest absolute Gasteiger partial charge is 0.255 e. The number of carbonyl (C=O) groups excluding carboxylic acids is 1. The Labute approximate surface area is 170 Å². The van der Waals surface area contributed by atoms with Gasteiger partial charge in [0.15, 0.2) is 5.13 Å². The third kappa shape index (κ3) is 4.28. The van der Waals surface area contributed by atoms with Gasteiger partial charge in [-0.2, -0.15) is 0 Å². The van der Waals surface area contributed by atoms with Gasteiger partial charge in [-0.25, -0.2) is 13.8 Å². The first-order valence-corrected chi connectivity index (χ1v) is 10.1. The monoisotopic (exact) mass is 415 g/mol. The highest BCUT2D eigenvalue weighted by Gasteiger charge is 2.26. The quantitative estimate of drug-likeness (QED) is 0.652. The fourth-order valence-corrected chi connectivity index (χ4v) is 4.38. The van der Waals surface area contributed by atoms with Crippen molar-refractivity contribution in [3.8, 4) is 11.3 Å². The number of aliphatic hydroxyl groups excluding tert-OH is 1. The Bertz CT molecular complexity index is 1020. The number of nitrogens with zero attached hydrogens (tertiary/aromatic N) is 2. The topological polar surface area (TPSA) is 65.5 Å². The van der Waals surface area contributed by atoms with Gasteiger partial charge in [0, 0.05) is 34.8 Å². The fourth-order valence-electron chi connectivity index (χ4n) is 3.45. The number of amides is 1. The summed E-state index contributed by atoms with van der Waals surface area (Å²) in [6, 6.07) is 9.93. The Morgan fingerprint density at radius 1 is 1.24 bits per heavy atom. The maximum absolute atomic E-state index is 13.3. The number of benzene rings is 2. The third-order valence-corrected chi connectivity index (χ3v) is 5.74. The van der Waals surface area contributed by atoms with Crippen molar-refractivity contribution in [1.29, 1.82) is 0 Å². The Morgan fingerprint density at radius 2 is 2.03 bits per heavy atom. The maximum Gasteiger partial charge on any atom is 0.255 e.